The number of hydrogen-bond donors (Lipinski definition) is 2. The maximum atomic E-state index is 5.75. The molecule has 0 amide bonds. The van der Waals surface area contributed by atoms with E-state index in [1.807, 2.05) is 38.1 Å². The summed E-state index contributed by atoms with van der Waals surface area (Å²) in [7, 11) is 3.45. The van der Waals surface area contributed by atoms with Gasteiger partial charge in [0.05, 0.1) is 19.3 Å². The van der Waals surface area contributed by atoms with E-state index < -0.39 is 0 Å². The van der Waals surface area contributed by atoms with Crippen molar-refractivity contribution in [2.24, 2.45) is 4.99 Å². The Kier molecular flexibility index (Phi) is 10.0. The van der Waals surface area contributed by atoms with Crippen LogP contribution in [0.5, 0.6) is 5.75 Å². The molecule has 0 aliphatic heterocycles. The Labute approximate surface area is 174 Å². The standard InChI is InChI=1S/C23H33N3O3/c1-18(2)29-17-20-9-5-8-19(14-20)16-25-23(24-3)26-21-10-6-11-22(15-21)28-13-7-12-27-4/h5-6,8-11,14-15,18H,7,12-13,16-17H2,1-4H3,(H2,24,25,26). The SMILES string of the molecule is CN=C(NCc1cccc(COC(C)C)c1)Nc1cccc(OCCCOC)c1. The number of nitrogens with zero attached hydrogens (tertiary/aromatic N) is 1. The molecule has 2 N–H and O–H groups in total. The average Bonchev–Trinajstić information content (AvgIpc) is 2.73. The Morgan fingerprint density at radius 3 is 2.59 bits per heavy atom. The summed E-state index contributed by atoms with van der Waals surface area (Å²) >= 11 is 0. The second kappa shape index (κ2) is 12.8. The first kappa shape index (κ1) is 22.7. The zero-order valence-electron chi connectivity index (χ0n) is 17.9. The predicted octanol–water partition coefficient (Wildman–Crippen LogP) is 4.21. The van der Waals surface area contributed by atoms with Gasteiger partial charge < -0.3 is 24.8 Å². The van der Waals surface area contributed by atoms with Crippen molar-refractivity contribution in [2.75, 3.05) is 32.7 Å². The van der Waals surface area contributed by atoms with Crippen LogP contribution >= 0.6 is 0 Å². The summed E-state index contributed by atoms with van der Waals surface area (Å²) in [4.78, 5) is 4.31. The second-order valence-corrected chi connectivity index (χ2v) is 6.95. The van der Waals surface area contributed by atoms with Crippen molar-refractivity contribution in [3.8, 4) is 5.75 Å². The number of guanidine groups is 1. The quantitative estimate of drug-likeness (QED) is 0.337. The van der Waals surface area contributed by atoms with E-state index in [9.17, 15) is 0 Å². The third-order valence-corrected chi connectivity index (χ3v) is 4.12. The highest BCUT2D eigenvalue weighted by atomic mass is 16.5. The van der Waals surface area contributed by atoms with Crippen LogP contribution in [0.25, 0.3) is 0 Å². The molecular formula is C23H33N3O3. The lowest BCUT2D eigenvalue weighted by atomic mass is 10.1. The van der Waals surface area contributed by atoms with Crippen LogP contribution in [0.3, 0.4) is 0 Å². The number of aliphatic imine (C=N–C) groups is 1. The Morgan fingerprint density at radius 1 is 1.03 bits per heavy atom. The first-order valence-corrected chi connectivity index (χ1v) is 9.99. The lowest BCUT2D eigenvalue weighted by Gasteiger charge is -2.14. The molecule has 0 radical (unpaired) electrons. The monoisotopic (exact) mass is 399 g/mol. The van der Waals surface area contributed by atoms with Crippen molar-refractivity contribution in [3.05, 3.63) is 59.7 Å². The molecule has 0 spiro atoms. The van der Waals surface area contributed by atoms with Gasteiger partial charge in [-0.15, -0.1) is 0 Å². The van der Waals surface area contributed by atoms with Crippen molar-refractivity contribution < 1.29 is 14.2 Å². The van der Waals surface area contributed by atoms with Crippen molar-refractivity contribution in [1.29, 1.82) is 0 Å². The van der Waals surface area contributed by atoms with E-state index in [-0.39, 0.29) is 6.10 Å². The molecule has 29 heavy (non-hydrogen) atoms. The lowest BCUT2D eigenvalue weighted by molar-refractivity contribution is 0.0657. The molecule has 6 nitrogen and oxygen atoms in total. The predicted molar refractivity (Wildman–Crippen MR) is 119 cm³/mol. The van der Waals surface area contributed by atoms with Gasteiger partial charge in [0.2, 0.25) is 0 Å². The van der Waals surface area contributed by atoms with Crippen molar-refractivity contribution in [3.63, 3.8) is 0 Å². The zero-order valence-corrected chi connectivity index (χ0v) is 17.9. The minimum atomic E-state index is 0.222. The molecule has 0 atom stereocenters. The number of hydrogen-bond acceptors (Lipinski definition) is 4. The van der Waals surface area contributed by atoms with Gasteiger partial charge in [-0.1, -0.05) is 30.3 Å². The van der Waals surface area contributed by atoms with Crippen LogP contribution in [0.15, 0.2) is 53.5 Å². The average molecular weight is 400 g/mol. The Morgan fingerprint density at radius 2 is 1.83 bits per heavy atom. The summed E-state index contributed by atoms with van der Waals surface area (Å²) in [5.74, 6) is 1.52. The Bertz CT molecular complexity index is 763. The molecule has 0 unspecified atom stereocenters. The van der Waals surface area contributed by atoms with E-state index in [1.165, 1.54) is 11.1 Å². The molecule has 0 saturated carbocycles. The fraction of sp³-hybridized carbons (Fsp3) is 0.435. The van der Waals surface area contributed by atoms with E-state index in [0.717, 1.165) is 17.9 Å². The van der Waals surface area contributed by atoms with Crippen molar-refractivity contribution in [1.82, 2.24) is 5.32 Å². The number of nitrogens with one attached hydrogen (secondary N) is 2. The number of rotatable bonds is 11. The topological polar surface area (TPSA) is 64.1 Å². The molecule has 158 valence electrons. The summed E-state index contributed by atoms with van der Waals surface area (Å²) in [5.41, 5.74) is 3.26. The molecule has 0 aliphatic rings. The highest BCUT2D eigenvalue weighted by molar-refractivity contribution is 5.93. The minimum absolute atomic E-state index is 0.222. The maximum Gasteiger partial charge on any atom is 0.195 e. The van der Waals surface area contributed by atoms with Gasteiger partial charge in [0.15, 0.2) is 5.96 Å². The van der Waals surface area contributed by atoms with Gasteiger partial charge in [0.1, 0.15) is 5.75 Å². The summed E-state index contributed by atoms with van der Waals surface area (Å²) in [6, 6.07) is 16.2. The Hall–Kier alpha value is -2.57. The molecule has 0 aliphatic carbocycles. The second-order valence-electron chi connectivity index (χ2n) is 6.95. The number of ether oxygens (including phenoxy) is 3. The third kappa shape index (κ3) is 8.98. The summed E-state index contributed by atoms with van der Waals surface area (Å²) in [6.45, 7) is 6.69. The first-order chi connectivity index (χ1) is 14.1. The van der Waals surface area contributed by atoms with Crippen LogP contribution in [0.1, 0.15) is 31.4 Å². The van der Waals surface area contributed by atoms with E-state index in [4.69, 9.17) is 14.2 Å². The van der Waals surface area contributed by atoms with Gasteiger partial charge in [0, 0.05) is 45.5 Å². The smallest absolute Gasteiger partial charge is 0.195 e. The lowest BCUT2D eigenvalue weighted by Crippen LogP contribution is -2.30. The molecule has 0 fully saturated rings. The van der Waals surface area contributed by atoms with Crippen LogP contribution in [0.4, 0.5) is 5.69 Å². The van der Waals surface area contributed by atoms with Gasteiger partial charge in [0.25, 0.3) is 0 Å². The first-order valence-electron chi connectivity index (χ1n) is 9.99. The highest BCUT2D eigenvalue weighted by Gasteiger charge is 2.03. The summed E-state index contributed by atoms with van der Waals surface area (Å²) in [6.07, 6.45) is 1.08. The van der Waals surface area contributed by atoms with Gasteiger partial charge in [-0.05, 0) is 37.1 Å². The molecule has 0 heterocycles. The van der Waals surface area contributed by atoms with Crippen LogP contribution in [-0.4, -0.2) is 39.4 Å². The molecule has 0 saturated heterocycles. The third-order valence-electron chi connectivity index (χ3n) is 4.12. The van der Waals surface area contributed by atoms with Crippen molar-refractivity contribution >= 4 is 11.6 Å². The fourth-order valence-electron chi connectivity index (χ4n) is 2.65. The van der Waals surface area contributed by atoms with E-state index in [0.29, 0.717) is 32.3 Å². The van der Waals surface area contributed by atoms with Crippen LogP contribution in [0.2, 0.25) is 0 Å². The fourth-order valence-corrected chi connectivity index (χ4v) is 2.65. The highest BCUT2D eigenvalue weighted by Crippen LogP contribution is 2.17. The molecule has 0 bridgehead atoms. The van der Waals surface area contributed by atoms with Gasteiger partial charge >= 0.3 is 0 Å². The van der Waals surface area contributed by atoms with Crippen LogP contribution in [0, 0.1) is 0 Å². The molecule has 6 heteroatoms. The van der Waals surface area contributed by atoms with E-state index in [1.54, 1.807) is 14.2 Å². The van der Waals surface area contributed by atoms with Gasteiger partial charge in [-0.25, -0.2) is 0 Å². The summed E-state index contributed by atoms with van der Waals surface area (Å²) < 4.78 is 16.5. The maximum absolute atomic E-state index is 5.75. The van der Waals surface area contributed by atoms with E-state index >= 15 is 0 Å². The zero-order chi connectivity index (χ0) is 20.9. The number of anilines is 1. The van der Waals surface area contributed by atoms with E-state index in [2.05, 4.69) is 39.9 Å². The molecule has 2 rings (SSSR count). The van der Waals surface area contributed by atoms with Crippen LogP contribution in [-0.2, 0) is 22.6 Å². The normalized spacial score (nSPS) is 11.6. The van der Waals surface area contributed by atoms with Gasteiger partial charge in [-0.3, -0.25) is 4.99 Å². The molecular weight excluding hydrogens is 366 g/mol. The number of benzene rings is 2. The van der Waals surface area contributed by atoms with Crippen LogP contribution < -0.4 is 15.4 Å². The van der Waals surface area contributed by atoms with Gasteiger partial charge in [-0.2, -0.15) is 0 Å². The molecule has 2 aromatic rings. The molecule has 2 aromatic carbocycles. The minimum Gasteiger partial charge on any atom is -0.493 e. The largest absolute Gasteiger partial charge is 0.493 e. The summed E-state index contributed by atoms with van der Waals surface area (Å²) in [5, 5.41) is 6.65. The number of methoxy groups -OCH3 is 1. The van der Waals surface area contributed by atoms with Crippen molar-refractivity contribution in [2.45, 2.75) is 39.5 Å². The molecule has 0 aromatic heterocycles. The Balaban J connectivity index is 1.87.